The number of carbonyl (C=O) groups excluding carboxylic acids is 1. The molecule has 0 spiro atoms. The van der Waals surface area contributed by atoms with E-state index in [0.717, 1.165) is 45.2 Å². The first-order valence-corrected chi connectivity index (χ1v) is 8.16. The first-order chi connectivity index (χ1) is 9.87. The van der Waals surface area contributed by atoms with Gasteiger partial charge in [-0.15, -0.1) is 0 Å². The van der Waals surface area contributed by atoms with Crippen molar-refractivity contribution in [3.05, 3.63) is 0 Å². The molecule has 5 nitrogen and oxygen atoms in total. The second-order valence-electron chi connectivity index (χ2n) is 7.86. The standard InChI is InChI=1S/C16H26N2O3/c1-16(2)6-3-7-18(9-16)15(21)17-13-11-5-4-10(8-11)12(13)14(19)20/h10-13H,3-9H2,1-2H3,(H,17,21)(H,19,20). The minimum atomic E-state index is -0.744. The maximum Gasteiger partial charge on any atom is 0.317 e. The average molecular weight is 294 g/mol. The third-order valence-electron chi connectivity index (χ3n) is 5.68. The van der Waals surface area contributed by atoms with Gasteiger partial charge in [-0.1, -0.05) is 13.8 Å². The lowest BCUT2D eigenvalue weighted by Gasteiger charge is -2.39. The van der Waals surface area contributed by atoms with Crippen LogP contribution >= 0.6 is 0 Å². The number of amides is 2. The number of piperidine rings is 1. The van der Waals surface area contributed by atoms with Crippen molar-refractivity contribution in [2.24, 2.45) is 23.2 Å². The monoisotopic (exact) mass is 294 g/mol. The summed E-state index contributed by atoms with van der Waals surface area (Å²) in [6.45, 7) is 5.92. The Balaban J connectivity index is 1.65. The number of rotatable bonds is 2. The molecule has 3 aliphatic rings. The molecule has 3 rings (SSSR count). The summed E-state index contributed by atoms with van der Waals surface area (Å²) in [6.07, 6.45) is 5.20. The summed E-state index contributed by atoms with van der Waals surface area (Å²) in [5, 5.41) is 12.5. The third-order valence-corrected chi connectivity index (χ3v) is 5.68. The number of fused-ring (bicyclic) bond motifs is 2. The van der Waals surface area contributed by atoms with E-state index in [-0.39, 0.29) is 29.3 Å². The molecule has 4 atom stereocenters. The summed E-state index contributed by atoms with van der Waals surface area (Å²) >= 11 is 0. The average Bonchev–Trinajstić information content (AvgIpc) is 2.97. The molecule has 2 N–H and O–H groups in total. The van der Waals surface area contributed by atoms with Gasteiger partial charge in [-0.05, 0) is 49.4 Å². The number of urea groups is 1. The molecule has 2 bridgehead atoms. The first-order valence-electron chi connectivity index (χ1n) is 8.16. The molecule has 0 radical (unpaired) electrons. The molecular weight excluding hydrogens is 268 g/mol. The lowest BCUT2D eigenvalue weighted by Crippen LogP contribution is -2.54. The SMILES string of the molecule is CC1(C)CCCN(C(=O)NC2C3CCC(C3)C2C(=O)O)C1. The molecule has 3 fully saturated rings. The van der Waals surface area contributed by atoms with E-state index in [4.69, 9.17) is 0 Å². The Morgan fingerprint density at radius 3 is 2.62 bits per heavy atom. The molecular formula is C16H26N2O3. The smallest absolute Gasteiger partial charge is 0.317 e. The van der Waals surface area contributed by atoms with Gasteiger partial charge in [0, 0.05) is 19.1 Å². The zero-order valence-electron chi connectivity index (χ0n) is 13.0. The highest BCUT2D eigenvalue weighted by Gasteiger charge is 2.52. The summed E-state index contributed by atoms with van der Waals surface area (Å²) in [7, 11) is 0. The van der Waals surface area contributed by atoms with Crippen molar-refractivity contribution < 1.29 is 14.7 Å². The first kappa shape index (κ1) is 14.7. The summed E-state index contributed by atoms with van der Waals surface area (Å²) in [5.74, 6) is -0.509. The second-order valence-corrected chi connectivity index (χ2v) is 7.86. The molecule has 118 valence electrons. The topological polar surface area (TPSA) is 69.6 Å². The summed E-state index contributed by atoms with van der Waals surface area (Å²) < 4.78 is 0. The van der Waals surface area contributed by atoms with E-state index >= 15 is 0 Å². The Morgan fingerprint density at radius 1 is 1.24 bits per heavy atom. The second kappa shape index (κ2) is 5.18. The normalized spacial score (nSPS) is 37.5. The molecule has 1 saturated heterocycles. The fourth-order valence-electron chi connectivity index (χ4n) is 4.68. The minimum Gasteiger partial charge on any atom is -0.481 e. The summed E-state index contributed by atoms with van der Waals surface area (Å²) in [5.41, 5.74) is 0.163. The predicted octanol–water partition coefficient (Wildman–Crippen LogP) is 2.32. The van der Waals surface area contributed by atoms with Crippen molar-refractivity contribution in [2.45, 2.75) is 52.0 Å². The van der Waals surface area contributed by atoms with Crippen LogP contribution in [0, 0.1) is 23.2 Å². The van der Waals surface area contributed by atoms with Crippen LogP contribution in [0.4, 0.5) is 4.79 Å². The number of aliphatic carboxylic acids is 1. The van der Waals surface area contributed by atoms with Crippen LogP contribution in [0.15, 0.2) is 0 Å². The lowest BCUT2D eigenvalue weighted by molar-refractivity contribution is -0.144. The maximum absolute atomic E-state index is 12.5. The van der Waals surface area contributed by atoms with E-state index in [1.54, 1.807) is 0 Å². The molecule has 4 unspecified atom stereocenters. The van der Waals surface area contributed by atoms with Crippen molar-refractivity contribution in [1.82, 2.24) is 10.2 Å². The van der Waals surface area contributed by atoms with Gasteiger partial charge in [0.15, 0.2) is 0 Å². The highest BCUT2D eigenvalue weighted by molar-refractivity contribution is 5.77. The van der Waals surface area contributed by atoms with Gasteiger partial charge in [-0.2, -0.15) is 0 Å². The molecule has 0 aromatic carbocycles. The van der Waals surface area contributed by atoms with E-state index in [1.807, 2.05) is 4.90 Å². The fraction of sp³-hybridized carbons (Fsp3) is 0.875. The van der Waals surface area contributed by atoms with Crippen molar-refractivity contribution in [2.75, 3.05) is 13.1 Å². The maximum atomic E-state index is 12.5. The number of hydrogen-bond acceptors (Lipinski definition) is 2. The van der Waals surface area contributed by atoms with Crippen LogP contribution in [0.25, 0.3) is 0 Å². The minimum absolute atomic E-state index is 0.0634. The Labute approximate surface area is 126 Å². The van der Waals surface area contributed by atoms with Gasteiger partial charge in [0.1, 0.15) is 0 Å². The molecule has 0 aromatic rings. The number of carboxylic acid groups (broad SMARTS) is 1. The van der Waals surface area contributed by atoms with Crippen molar-refractivity contribution >= 4 is 12.0 Å². The van der Waals surface area contributed by atoms with Gasteiger partial charge < -0.3 is 15.3 Å². The number of likely N-dealkylation sites (tertiary alicyclic amines) is 1. The fourth-order valence-corrected chi connectivity index (χ4v) is 4.68. The van der Waals surface area contributed by atoms with Crippen LogP contribution in [0.2, 0.25) is 0 Å². The van der Waals surface area contributed by atoms with Crippen LogP contribution in [0.5, 0.6) is 0 Å². The van der Waals surface area contributed by atoms with Gasteiger partial charge in [0.25, 0.3) is 0 Å². The lowest BCUT2D eigenvalue weighted by atomic mass is 9.83. The van der Waals surface area contributed by atoms with E-state index in [2.05, 4.69) is 19.2 Å². The third kappa shape index (κ3) is 2.74. The van der Waals surface area contributed by atoms with E-state index in [0.29, 0.717) is 5.92 Å². The quantitative estimate of drug-likeness (QED) is 0.821. The van der Waals surface area contributed by atoms with Gasteiger partial charge >= 0.3 is 12.0 Å². The summed E-state index contributed by atoms with van der Waals surface area (Å²) in [4.78, 5) is 25.9. The van der Waals surface area contributed by atoms with Crippen molar-refractivity contribution in [1.29, 1.82) is 0 Å². The number of nitrogens with zero attached hydrogens (tertiary/aromatic N) is 1. The van der Waals surface area contributed by atoms with E-state index < -0.39 is 5.97 Å². The van der Waals surface area contributed by atoms with Gasteiger partial charge in [0.2, 0.25) is 0 Å². The van der Waals surface area contributed by atoms with Crippen LogP contribution in [0.3, 0.4) is 0 Å². The van der Waals surface area contributed by atoms with Crippen LogP contribution in [-0.2, 0) is 4.79 Å². The molecule has 0 aromatic heterocycles. The number of carbonyl (C=O) groups is 2. The zero-order valence-corrected chi connectivity index (χ0v) is 13.0. The van der Waals surface area contributed by atoms with Crippen LogP contribution in [-0.4, -0.2) is 41.1 Å². The Bertz CT molecular complexity index is 449. The molecule has 1 heterocycles. The molecule has 2 saturated carbocycles. The van der Waals surface area contributed by atoms with Crippen LogP contribution in [0.1, 0.15) is 46.0 Å². The Morgan fingerprint density at radius 2 is 1.95 bits per heavy atom. The predicted molar refractivity (Wildman–Crippen MR) is 78.9 cm³/mol. The number of carboxylic acids is 1. The highest BCUT2D eigenvalue weighted by Crippen LogP contribution is 2.48. The van der Waals surface area contributed by atoms with E-state index in [1.165, 1.54) is 0 Å². The van der Waals surface area contributed by atoms with Crippen LogP contribution < -0.4 is 5.32 Å². The largest absolute Gasteiger partial charge is 0.481 e. The molecule has 21 heavy (non-hydrogen) atoms. The van der Waals surface area contributed by atoms with Gasteiger partial charge in [-0.25, -0.2) is 4.79 Å². The van der Waals surface area contributed by atoms with E-state index in [9.17, 15) is 14.7 Å². The number of nitrogens with one attached hydrogen (secondary N) is 1. The summed E-state index contributed by atoms with van der Waals surface area (Å²) in [6, 6.07) is -0.231. The molecule has 1 aliphatic heterocycles. The Kier molecular flexibility index (Phi) is 3.62. The van der Waals surface area contributed by atoms with Gasteiger partial charge in [0.05, 0.1) is 5.92 Å². The molecule has 2 amide bonds. The highest BCUT2D eigenvalue weighted by atomic mass is 16.4. The zero-order chi connectivity index (χ0) is 15.2. The molecule has 5 heteroatoms. The van der Waals surface area contributed by atoms with Gasteiger partial charge in [-0.3, -0.25) is 4.79 Å². The molecule has 2 aliphatic carbocycles. The van der Waals surface area contributed by atoms with Crippen molar-refractivity contribution in [3.8, 4) is 0 Å². The Hall–Kier alpha value is -1.26. The van der Waals surface area contributed by atoms with Crippen molar-refractivity contribution in [3.63, 3.8) is 0 Å². The number of hydrogen-bond donors (Lipinski definition) is 2.